The molecule has 1 fully saturated rings. The molecule has 0 radical (unpaired) electrons. The molecule has 0 heterocycles. The molecule has 0 saturated heterocycles. The fourth-order valence-electron chi connectivity index (χ4n) is 2.16. The summed E-state index contributed by atoms with van der Waals surface area (Å²) in [6.07, 6.45) is 3.52. The molecule has 4 N–H and O–H groups in total. The molecule has 0 atom stereocenters. The number of hydrogen-bond acceptors (Lipinski definition) is 4. The molecule has 1 aliphatic rings. The summed E-state index contributed by atoms with van der Waals surface area (Å²) < 4.78 is 22.9. The Balaban J connectivity index is 2.32. The van der Waals surface area contributed by atoms with E-state index in [1.165, 1.54) is 18.9 Å². The molecular weight excluding hydrogens is 262 g/mol. The summed E-state index contributed by atoms with van der Waals surface area (Å²) in [6, 6.07) is 4.83. The van der Waals surface area contributed by atoms with E-state index in [-0.39, 0.29) is 4.90 Å². The number of anilines is 2. The molecule has 6 heteroatoms. The van der Waals surface area contributed by atoms with Gasteiger partial charge in [-0.25, -0.2) is 13.6 Å². The van der Waals surface area contributed by atoms with Gasteiger partial charge in [0.15, 0.2) is 0 Å². The predicted molar refractivity (Wildman–Crippen MR) is 77.5 cm³/mol. The van der Waals surface area contributed by atoms with E-state index < -0.39 is 10.0 Å². The Hall–Kier alpha value is -1.27. The van der Waals surface area contributed by atoms with E-state index in [4.69, 9.17) is 10.9 Å². The first-order valence-electron chi connectivity index (χ1n) is 6.58. The van der Waals surface area contributed by atoms with Gasteiger partial charge in [0, 0.05) is 24.5 Å². The van der Waals surface area contributed by atoms with E-state index in [0.717, 1.165) is 31.1 Å². The molecule has 1 aliphatic carbocycles. The van der Waals surface area contributed by atoms with Gasteiger partial charge in [-0.05, 0) is 43.4 Å². The zero-order valence-electron chi connectivity index (χ0n) is 11.2. The van der Waals surface area contributed by atoms with Crippen molar-refractivity contribution in [2.75, 3.05) is 23.7 Å². The van der Waals surface area contributed by atoms with Crippen molar-refractivity contribution in [2.45, 2.75) is 31.1 Å². The summed E-state index contributed by atoms with van der Waals surface area (Å²) >= 11 is 0. The Bertz CT molecular complexity index is 553. The van der Waals surface area contributed by atoms with Gasteiger partial charge < -0.3 is 10.6 Å². The maximum Gasteiger partial charge on any atom is 0.238 e. The van der Waals surface area contributed by atoms with Gasteiger partial charge in [-0.2, -0.15) is 0 Å². The zero-order valence-corrected chi connectivity index (χ0v) is 12.0. The number of hydrogen-bond donors (Lipinski definition) is 2. The third-order valence-electron chi connectivity index (χ3n) is 3.28. The van der Waals surface area contributed by atoms with E-state index >= 15 is 0 Å². The van der Waals surface area contributed by atoms with Gasteiger partial charge in [0.05, 0.1) is 4.90 Å². The Morgan fingerprint density at radius 1 is 1.32 bits per heavy atom. The molecule has 0 aromatic heterocycles. The van der Waals surface area contributed by atoms with Crippen LogP contribution in [0.25, 0.3) is 0 Å². The van der Waals surface area contributed by atoms with Crippen LogP contribution >= 0.6 is 0 Å². The Kier molecular flexibility index (Phi) is 4.01. The van der Waals surface area contributed by atoms with Gasteiger partial charge in [0.1, 0.15) is 0 Å². The maximum atomic E-state index is 11.5. The molecule has 1 aromatic rings. The van der Waals surface area contributed by atoms with E-state index in [1.54, 1.807) is 6.07 Å². The zero-order chi connectivity index (χ0) is 14.0. The first kappa shape index (κ1) is 14.1. The second-order valence-electron chi connectivity index (χ2n) is 5.19. The Morgan fingerprint density at radius 3 is 2.53 bits per heavy atom. The number of benzene rings is 1. The fraction of sp³-hybridized carbons (Fsp3) is 0.538. The molecule has 1 aromatic carbocycles. The minimum absolute atomic E-state index is 0.0828. The van der Waals surface area contributed by atoms with E-state index in [0.29, 0.717) is 5.69 Å². The van der Waals surface area contributed by atoms with Gasteiger partial charge in [-0.1, -0.05) is 6.92 Å². The lowest BCUT2D eigenvalue weighted by molar-refractivity contribution is 0.597. The number of rotatable bonds is 6. The van der Waals surface area contributed by atoms with E-state index in [9.17, 15) is 8.42 Å². The van der Waals surface area contributed by atoms with Crippen molar-refractivity contribution in [3.05, 3.63) is 18.2 Å². The van der Waals surface area contributed by atoms with Crippen LogP contribution in [0.2, 0.25) is 0 Å². The third kappa shape index (κ3) is 3.84. The van der Waals surface area contributed by atoms with Crippen molar-refractivity contribution in [3.63, 3.8) is 0 Å². The smallest absolute Gasteiger partial charge is 0.238 e. The van der Waals surface area contributed by atoms with Crippen molar-refractivity contribution in [1.29, 1.82) is 0 Å². The van der Waals surface area contributed by atoms with Crippen LogP contribution < -0.4 is 15.8 Å². The van der Waals surface area contributed by atoms with Crippen LogP contribution in [0.5, 0.6) is 0 Å². The fourth-order valence-corrected chi connectivity index (χ4v) is 2.75. The van der Waals surface area contributed by atoms with E-state index in [2.05, 4.69) is 11.8 Å². The van der Waals surface area contributed by atoms with Crippen LogP contribution in [0, 0.1) is 5.92 Å². The first-order chi connectivity index (χ1) is 8.90. The van der Waals surface area contributed by atoms with Crippen LogP contribution in [0.1, 0.15) is 26.2 Å². The van der Waals surface area contributed by atoms with Crippen LogP contribution in [0.4, 0.5) is 11.4 Å². The molecule has 0 unspecified atom stereocenters. The molecule has 2 rings (SSSR count). The topological polar surface area (TPSA) is 89.4 Å². The second-order valence-corrected chi connectivity index (χ2v) is 6.76. The largest absolute Gasteiger partial charge is 0.399 e. The van der Waals surface area contributed by atoms with Gasteiger partial charge >= 0.3 is 0 Å². The lowest BCUT2D eigenvalue weighted by Crippen LogP contribution is -2.27. The van der Waals surface area contributed by atoms with Crippen molar-refractivity contribution < 1.29 is 8.42 Å². The maximum absolute atomic E-state index is 11.5. The highest BCUT2D eigenvalue weighted by Gasteiger charge is 2.24. The van der Waals surface area contributed by atoms with Gasteiger partial charge in [-0.3, -0.25) is 0 Å². The van der Waals surface area contributed by atoms with Crippen LogP contribution in [0.15, 0.2) is 23.1 Å². The Morgan fingerprint density at radius 2 is 2.00 bits per heavy atom. The van der Waals surface area contributed by atoms with Crippen LogP contribution in [-0.4, -0.2) is 21.5 Å². The normalized spacial score (nSPS) is 15.5. The summed E-state index contributed by atoms with van der Waals surface area (Å²) in [4.78, 5) is 2.28. The number of nitrogens with two attached hydrogens (primary N) is 2. The quantitative estimate of drug-likeness (QED) is 0.775. The van der Waals surface area contributed by atoms with Gasteiger partial charge in [0.25, 0.3) is 0 Å². The average molecular weight is 283 g/mol. The second kappa shape index (κ2) is 5.38. The first-order valence-corrected chi connectivity index (χ1v) is 8.13. The highest BCUT2D eigenvalue weighted by Crippen LogP contribution is 2.32. The van der Waals surface area contributed by atoms with Gasteiger partial charge in [-0.15, -0.1) is 0 Å². The van der Waals surface area contributed by atoms with Crippen molar-refractivity contribution in [2.24, 2.45) is 11.1 Å². The van der Waals surface area contributed by atoms with E-state index in [1.807, 2.05) is 6.07 Å². The third-order valence-corrected chi connectivity index (χ3v) is 4.17. The number of primary sulfonamides is 1. The predicted octanol–water partition coefficient (Wildman–Crippen LogP) is 1.54. The lowest BCUT2D eigenvalue weighted by atomic mass is 10.2. The molecule has 0 amide bonds. The molecule has 0 bridgehead atoms. The minimum Gasteiger partial charge on any atom is -0.399 e. The van der Waals surface area contributed by atoms with Crippen molar-refractivity contribution in [3.8, 4) is 0 Å². The summed E-state index contributed by atoms with van der Waals surface area (Å²) in [6.45, 7) is 3.96. The molecule has 1 saturated carbocycles. The molecule has 106 valence electrons. The number of sulfonamides is 1. The summed E-state index contributed by atoms with van der Waals surface area (Å²) in [5.74, 6) is 0.728. The molecule has 0 spiro atoms. The highest BCUT2D eigenvalue weighted by molar-refractivity contribution is 7.89. The summed E-state index contributed by atoms with van der Waals surface area (Å²) in [5.41, 5.74) is 7.06. The molecular formula is C13H21N3O2S. The minimum atomic E-state index is -3.72. The number of nitrogen functional groups attached to an aromatic ring is 1. The molecule has 5 nitrogen and oxygen atoms in total. The molecule has 0 aliphatic heterocycles. The van der Waals surface area contributed by atoms with Crippen molar-refractivity contribution >= 4 is 21.4 Å². The number of nitrogens with zero attached hydrogens (tertiary/aromatic N) is 1. The van der Waals surface area contributed by atoms with Crippen LogP contribution in [-0.2, 0) is 10.0 Å². The SMILES string of the molecule is CCCN(CC1CC1)c1cc(N)cc(S(N)(=O)=O)c1. The van der Waals surface area contributed by atoms with Crippen molar-refractivity contribution in [1.82, 2.24) is 0 Å². The lowest BCUT2D eigenvalue weighted by Gasteiger charge is -2.25. The standard InChI is InChI=1S/C13H21N3O2S/c1-2-5-16(9-10-3-4-10)12-6-11(14)7-13(8-12)19(15,17)18/h6-8,10H,2-5,9,14H2,1H3,(H2,15,17,18). The highest BCUT2D eigenvalue weighted by atomic mass is 32.2. The Labute approximate surface area is 114 Å². The average Bonchev–Trinajstić information content (AvgIpc) is 3.10. The van der Waals surface area contributed by atoms with Crippen LogP contribution in [0.3, 0.4) is 0 Å². The monoisotopic (exact) mass is 283 g/mol. The van der Waals surface area contributed by atoms with Gasteiger partial charge in [0.2, 0.25) is 10.0 Å². The molecule has 19 heavy (non-hydrogen) atoms. The summed E-state index contributed by atoms with van der Waals surface area (Å²) in [5, 5.41) is 5.18. The summed E-state index contributed by atoms with van der Waals surface area (Å²) in [7, 11) is -3.72.